The van der Waals surface area contributed by atoms with Crippen molar-refractivity contribution in [3.05, 3.63) is 107 Å². The maximum Gasteiger partial charge on any atom is 0.205 e. The quantitative estimate of drug-likeness (QED) is 0.318. The lowest BCUT2D eigenvalue weighted by molar-refractivity contribution is -0.605. The Morgan fingerprint density at radius 3 is 2.64 bits per heavy atom. The zero-order valence-electron chi connectivity index (χ0n) is 18.3. The molecule has 0 saturated heterocycles. The van der Waals surface area contributed by atoms with Crippen molar-refractivity contribution in [2.45, 2.75) is 19.8 Å². The molecule has 0 atom stereocenters. The van der Waals surface area contributed by atoms with Crippen molar-refractivity contribution in [1.82, 2.24) is 25.6 Å². The third kappa shape index (κ3) is 4.21. The molecule has 0 aliphatic heterocycles. The van der Waals surface area contributed by atoms with Crippen molar-refractivity contribution in [1.29, 1.82) is 0 Å². The van der Waals surface area contributed by atoms with E-state index in [9.17, 15) is 5.21 Å². The molecular weight excluding hydrogens is 412 g/mol. The molecule has 3 heterocycles. The van der Waals surface area contributed by atoms with E-state index in [0.717, 1.165) is 43.5 Å². The van der Waals surface area contributed by atoms with Crippen LogP contribution in [0.4, 0.5) is 0 Å². The van der Waals surface area contributed by atoms with Gasteiger partial charge in [0, 0.05) is 34.9 Å². The first kappa shape index (κ1) is 20.5. The lowest BCUT2D eigenvalue weighted by Gasteiger charge is -2.13. The fourth-order valence-electron chi connectivity index (χ4n) is 3.88. The van der Waals surface area contributed by atoms with E-state index in [1.54, 1.807) is 12.1 Å². The second kappa shape index (κ2) is 8.63. The summed E-state index contributed by atoms with van der Waals surface area (Å²) in [5.74, 6) is 0.862. The molecule has 0 saturated carbocycles. The first-order chi connectivity index (χ1) is 16.1. The summed E-state index contributed by atoms with van der Waals surface area (Å²) in [6.07, 6.45) is 6.74. The molecule has 0 fully saturated rings. The Morgan fingerprint density at radius 1 is 1.03 bits per heavy atom. The minimum atomic E-state index is 0.406. The number of aromatic amines is 1. The third-order valence-corrected chi connectivity index (χ3v) is 5.60. The number of benzene rings is 2. The molecule has 0 bridgehead atoms. The van der Waals surface area contributed by atoms with E-state index in [0.29, 0.717) is 11.7 Å². The fourth-order valence-corrected chi connectivity index (χ4v) is 3.88. The monoisotopic (exact) mass is 434 g/mol. The molecule has 162 valence electrons. The van der Waals surface area contributed by atoms with Crippen LogP contribution < -0.4 is 4.73 Å². The molecule has 0 radical (unpaired) electrons. The predicted octanol–water partition coefficient (Wildman–Crippen LogP) is 4.76. The van der Waals surface area contributed by atoms with E-state index in [1.807, 2.05) is 30.5 Å². The maximum absolute atomic E-state index is 11.5. The van der Waals surface area contributed by atoms with Crippen molar-refractivity contribution >= 4 is 22.6 Å². The van der Waals surface area contributed by atoms with Crippen LogP contribution >= 0.6 is 0 Å². The third-order valence-electron chi connectivity index (χ3n) is 5.60. The summed E-state index contributed by atoms with van der Waals surface area (Å²) in [5.41, 5.74) is 6.99. The van der Waals surface area contributed by atoms with Gasteiger partial charge in [-0.25, -0.2) is 0 Å². The fraction of sp³-hybridized carbons (Fsp3) is 0.115. The van der Waals surface area contributed by atoms with Gasteiger partial charge in [0.1, 0.15) is 0 Å². The first-order valence-corrected chi connectivity index (χ1v) is 10.7. The van der Waals surface area contributed by atoms with Crippen LogP contribution in [0.25, 0.3) is 33.7 Å². The topological polar surface area (TPSA) is 94.3 Å². The SMILES string of the molecule is CC(C)c1cc(-c2cccc(/C=C(/c3cc[n+]([O-])cc3)c3nn[nH]n3)c2)c2ncccc2c1. The molecule has 3 aromatic heterocycles. The molecule has 1 N–H and O–H groups in total. The molecule has 0 unspecified atom stereocenters. The zero-order chi connectivity index (χ0) is 22.8. The van der Waals surface area contributed by atoms with Crippen LogP contribution in [0.3, 0.4) is 0 Å². The van der Waals surface area contributed by atoms with E-state index in [-0.39, 0.29) is 0 Å². The van der Waals surface area contributed by atoms with Gasteiger partial charge in [0.05, 0.1) is 5.52 Å². The minimum Gasteiger partial charge on any atom is -0.619 e. The van der Waals surface area contributed by atoms with Gasteiger partial charge in [-0.15, -0.1) is 10.2 Å². The number of fused-ring (bicyclic) bond motifs is 1. The highest BCUT2D eigenvalue weighted by atomic mass is 16.5. The van der Waals surface area contributed by atoms with Crippen molar-refractivity contribution in [3.8, 4) is 11.1 Å². The van der Waals surface area contributed by atoms with Crippen molar-refractivity contribution < 1.29 is 4.73 Å². The Hall–Kier alpha value is -4.39. The molecule has 7 heteroatoms. The smallest absolute Gasteiger partial charge is 0.205 e. The molecule has 0 aliphatic rings. The van der Waals surface area contributed by atoms with Gasteiger partial charge in [-0.1, -0.05) is 38.1 Å². The number of rotatable bonds is 5. The van der Waals surface area contributed by atoms with Crippen LogP contribution in [-0.4, -0.2) is 25.6 Å². The van der Waals surface area contributed by atoms with E-state index >= 15 is 0 Å². The van der Waals surface area contributed by atoms with E-state index in [4.69, 9.17) is 0 Å². The van der Waals surface area contributed by atoms with Gasteiger partial charge in [0.25, 0.3) is 0 Å². The lowest BCUT2D eigenvalue weighted by atomic mass is 9.93. The van der Waals surface area contributed by atoms with Crippen LogP contribution in [0.2, 0.25) is 0 Å². The van der Waals surface area contributed by atoms with Gasteiger partial charge in [-0.3, -0.25) is 4.98 Å². The number of aromatic nitrogens is 6. The molecular formula is C26H22N6O. The predicted molar refractivity (Wildman–Crippen MR) is 128 cm³/mol. The molecule has 7 nitrogen and oxygen atoms in total. The summed E-state index contributed by atoms with van der Waals surface area (Å²) in [4.78, 5) is 4.67. The van der Waals surface area contributed by atoms with Gasteiger partial charge in [0.15, 0.2) is 12.4 Å². The van der Waals surface area contributed by atoms with E-state index < -0.39 is 0 Å². The van der Waals surface area contributed by atoms with Crippen LogP contribution in [0.5, 0.6) is 0 Å². The van der Waals surface area contributed by atoms with Gasteiger partial charge < -0.3 is 5.21 Å². The van der Waals surface area contributed by atoms with E-state index in [2.05, 4.69) is 69.8 Å². The molecule has 5 rings (SSSR count). The summed E-state index contributed by atoms with van der Waals surface area (Å²) in [5, 5.41) is 27.2. The van der Waals surface area contributed by atoms with Crippen LogP contribution in [0.1, 0.15) is 42.3 Å². The van der Waals surface area contributed by atoms with Gasteiger partial charge >= 0.3 is 0 Å². The summed E-state index contributed by atoms with van der Waals surface area (Å²) in [6, 6.07) is 20.3. The highest BCUT2D eigenvalue weighted by molar-refractivity contribution is 5.95. The summed E-state index contributed by atoms with van der Waals surface area (Å²) >= 11 is 0. The maximum atomic E-state index is 11.5. The number of hydrogen-bond acceptors (Lipinski definition) is 5. The lowest BCUT2D eigenvalue weighted by Crippen LogP contribution is -2.23. The highest BCUT2D eigenvalue weighted by Gasteiger charge is 2.13. The highest BCUT2D eigenvalue weighted by Crippen LogP contribution is 2.32. The normalized spacial score (nSPS) is 11.9. The number of pyridine rings is 2. The zero-order valence-corrected chi connectivity index (χ0v) is 18.3. The Labute approximate surface area is 191 Å². The van der Waals surface area contributed by atoms with Crippen LogP contribution in [0, 0.1) is 5.21 Å². The Bertz CT molecular complexity index is 1440. The number of H-pyrrole nitrogens is 1. The average Bonchev–Trinajstić information content (AvgIpc) is 3.37. The molecule has 33 heavy (non-hydrogen) atoms. The van der Waals surface area contributed by atoms with Crippen molar-refractivity contribution in [2.24, 2.45) is 0 Å². The summed E-state index contributed by atoms with van der Waals surface area (Å²) < 4.78 is 0.748. The average molecular weight is 435 g/mol. The second-order valence-corrected chi connectivity index (χ2v) is 8.16. The van der Waals surface area contributed by atoms with Gasteiger partial charge in [-0.05, 0) is 63.7 Å². The van der Waals surface area contributed by atoms with Crippen molar-refractivity contribution in [2.75, 3.05) is 0 Å². The standard InChI is InChI=1S/C26H22N6O/c1-17(2)22-15-21-7-4-10-27-25(21)23(16-22)20-6-3-5-18(13-20)14-24(26-28-30-31-29-26)19-8-11-32(33)12-9-19/h3-17H,1-2H3,(H,28,29,30,31)/b24-14-. The first-order valence-electron chi connectivity index (χ1n) is 10.7. The molecule has 2 aromatic carbocycles. The largest absolute Gasteiger partial charge is 0.619 e. The Morgan fingerprint density at radius 2 is 1.88 bits per heavy atom. The number of nitrogens with zero attached hydrogens (tertiary/aromatic N) is 5. The van der Waals surface area contributed by atoms with E-state index in [1.165, 1.54) is 18.0 Å². The van der Waals surface area contributed by atoms with Crippen LogP contribution in [0.15, 0.2) is 79.3 Å². The second-order valence-electron chi connectivity index (χ2n) is 8.16. The molecule has 0 aliphatic carbocycles. The van der Waals surface area contributed by atoms with Crippen LogP contribution in [-0.2, 0) is 0 Å². The molecule has 0 spiro atoms. The minimum absolute atomic E-state index is 0.406. The molecule has 0 amide bonds. The van der Waals surface area contributed by atoms with Gasteiger partial charge in [0.2, 0.25) is 5.82 Å². The Balaban J connectivity index is 1.65. The van der Waals surface area contributed by atoms with Crippen molar-refractivity contribution in [3.63, 3.8) is 0 Å². The van der Waals surface area contributed by atoms with Gasteiger partial charge in [-0.2, -0.15) is 9.94 Å². The Kier molecular flexibility index (Phi) is 5.36. The summed E-state index contributed by atoms with van der Waals surface area (Å²) in [6.45, 7) is 4.40. The number of nitrogens with one attached hydrogen (secondary N) is 1. The number of tetrazole rings is 1. The summed E-state index contributed by atoms with van der Waals surface area (Å²) in [7, 11) is 0. The molecule has 5 aromatic rings. The number of hydrogen-bond donors (Lipinski definition) is 1.